The van der Waals surface area contributed by atoms with Gasteiger partial charge in [-0.25, -0.2) is 0 Å². The Labute approximate surface area is 326 Å². The van der Waals surface area contributed by atoms with Crippen molar-refractivity contribution in [1.29, 1.82) is 0 Å². The second kappa shape index (κ2) is 13.2. The minimum Gasteiger partial charge on any atom is -1.00 e. The molecule has 4 aliphatic rings. The number of hydrogen-bond donors (Lipinski definition) is 0. The van der Waals surface area contributed by atoms with Gasteiger partial charge in [-0.1, -0.05) is 0 Å². The number of aryl methyl sites for hydroxylation is 2. The largest absolute Gasteiger partial charge is 1.00 e. The molecule has 0 saturated carbocycles. The van der Waals surface area contributed by atoms with E-state index in [0.29, 0.717) is 5.92 Å². The molecule has 3 heteroatoms. The Balaban J connectivity index is 0.00000224. The molecule has 0 radical (unpaired) electrons. The van der Waals surface area contributed by atoms with Crippen LogP contribution in [0.25, 0.3) is 23.3 Å². The molecule has 0 saturated heterocycles. The Bertz CT molecular complexity index is 2180. The van der Waals surface area contributed by atoms with Gasteiger partial charge in [-0.2, -0.15) is 0 Å². The molecule has 0 aromatic heterocycles. The van der Waals surface area contributed by atoms with Crippen LogP contribution in [-0.4, -0.2) is 3.21 Å². The van der Waals surface area contributed by atoms with Crippen molar-refractivity contribution in [1.82, 2.24) is 0 Å². The van der Waals surface area contributed by atoms with Gasteiger partial charge in [0.25, 0.3) is 0 Å². The fourth-order valence-corrected chi connectivity index (χ4v) is 17.8. The van der Waals surface area contributed by atoms with Gasteiger partial charge < -0.3 is 24.8 Å². The standard InChI is InChI=1S/C23H21.C15H14.C10H15.2ClH.Zr/c1-22(2)7-5-14-10-18-16(12-20(14)22)9-17-13-21-15(11-19(17)18)6-8-23(21,3)4;1-12-3-7-14(8-4-12)11-15-9-5-13(2)6-10-15;1-8-5-6-9(7-8)10(2,3)4;;;/h5-7,10-13H,9H2,1-4H3;3-10H,1-2H3;6-8H,1-4H3;2*1H;/q;;;;;+2/p-2. The predicted octanol–water partition coefficient (Wildman–Crippen LogP) is 6.21. The Morgan fingerprint density at radius 3 is 1.76 bits per heavy atom. The zero-order chi connectivity index (χ0) is 34.6. The Morgan fingerprint density at radius 1 is 0.706 bits per heavy atom. The van der Waals surface area contributed by atoms with E-state index in [-0.39, 0.29) is 41.1 Å². The van der Waals surface area contributed by atoms with Crippen LogP contribution in [0.15, 0.2) is 103 Å². The summed E-state index contributed by atoms with van der Waals surface area (Å²) in [6.45, 7) is 23.7. The number of halogens is 2. The Kier molecular flexibility index (Phi) is 9.84. The van der Waals surface area contributed by atoms with E-state index in [1.807, 2.05) is 0 Å². The molecule has 0 aliphatic heterocycles. The number of rotatable bonds is 4. The zero-order valence-corrected chi connectivity index (χ0v) is 35.8. The van der Waals surface area contributed by atoms with Gasteiger partial charge in [0, 0.05) is 0 Å². The molecular weight excluding hydrogens is 739 g/mol. The summed E-state index contributed by atoms with van der Waals surface area (Å²) in [6.07, 6.45) is 13.6. The number of hydrogen-bond acceptors (Lipinski definition) is 0. The topological polar surface area (TPSA) is 0 Å². The molecule has 0 N–H and O–H groups in total. The van der Waals surface area contributed by atoms with E-state index in [1.54, 1.807) is 9.77 Å². The van der Waals surface area contributed by atoms with Crippen molar-refractivity contribution in [2.45, 2.75) is 86.5 Å². The number of benzene rings is 4. The summed E-state index contributed by atoms with van der Waals surface area (Å²) in [7, 11) is 0. The van der Waals surface area contributed by atoms with E-state index >= 15 is 0 Å². The average Bonchev–Trinajstić information content (AvgIpc) is 3.76. The minimum absolute atomic E-state index is 0. The van der Waals surface area contributed by atoms with Crippen LogP contribution in [-0.2, 0) is 38.5 Å². The molecule has 51 heavy (non-hydrogen) atoms. The van der Waals surface area contributed by atoms with Crippen LogP contribution in [0.2, 0.25) is 0 Å². The van der Waals surface area contributed by atoms with Crippen molar-refractivity contribution in [3.8, 4) is 11.1 Å². The van der Waals surface area contributed by atoms with E-state index in [9.17, 15) is 0 Å². The molecule has 0 amide bonds. The van der Waals surface area contributed by atoms with E-state index in [2.05, 4.69) is 172 Å². The van der Waals surface area contributed by atoms with Crippen LogP contribution < -0.4 is 24.8 Å². The average molecular weight is 789 g/mol. The van der Waals surface area contributed by atoms with E-state index in [0.717, 1.165) is 6.42 Å². The van der Waals surface area contributed by atoms with Crippen molar-refractivity contribution in [3.63, 3.8) is 0 Å². The van der Waals surface area contributed by atoms with Gasteiger partial charge >= 0.3 is 304 Å². The van der Waals surface area contributed by atoms with Gasteiger partial charge in [-0.3, -0.25) is 0 Å². The molecule has 4 aromatic carbocycles. The van der Waals surface area contributed by atoms with Crippen LogP contribution in [0.5, 0.6) is 0 Å². The molecule has 0 heterocycles. The van der Waals surface area contributed by atoms with Gasteiger partial charge in [-0.15, -0.1) is 0 Å². The second-order valence-electron chi connectivity index (χ2n) is 17.4. The quantitative estimate of drug-likeness (QED) is 0.203. The summed E-state index contributed by atoms with van der Waals surface area (Å²) >= 11 is -2.83. The maximum atomic E-state index is 2.67. The first-order valence-electron chi connectivity index (χ1n) is 18.2. The number of allylic oxidation sites excluding steroid dienone is 6. The monoisotopic (exact) mass is 786 g/mol. The zero-order valence-electron chi connectivity index (χ0n) is 31.9. The number of fused-ring (bicyclic) bond motifs is 5. The van der Waals surface area contributed by atoms with Crippen LogP contribution in [0.1, 0.15) is 111 Å². The van der Waals surface area contributed by atoms with Crippen LogP contribution in [0.4, 0.5) is 0 Å². The Hall–Kier alpha value is -2.83. The van der Waals surface area contributed by atoms with Crippen LogP contribution in [0.3, 0.4) is 0 Å². The molecule has 0 fully saturated rings. The van der Waals surface area contributed by atoms with Gasteiger partial charge in [0.2, 0.25) is 0 Å². The van der Waals surface area contributed by atoms with Crippen LogP contribution in [0, 0.1) is 25.2 Å². The van der Waals surface area contributed by atoms with E-state index in [1.165, 1.54) is 72.3 Å². The molecule has 0 spiro atoms. The second-order valence-corrected chi connectivity index (χ2v) is 23.2. The summed E-state index contributed by atoms with van der Waals surface area (Å²) in [5.74, 6) is 0.436. The summed E-state index contributed by atoms with van der Waals surface area (Å²) in [4.78, 5) is 0. The first-order chi connectivity index (χ1) is 23.1. The predicted molar refractivity (Wildman–Crippen MR) is 208 cm³/mol. The third-order valence-corrected chi connectivity index (χ3v) is 20.6. The fourth-order valence-electron chi connectivity index (χ4n) is 8.73. The summed E-state index contributed by atoms with van der Waals surface area (Å²) in [5, 5.41) is 0. The molecule has 1 unspecified atom stereocenters. The van der Waals surface area contributed by atoms with Gasteiger partial charge in [-0.05, 0) is 0 Å². The molecule has 4 aliphatic carbocycles. The van der Waals surface area contributed by atoms with Crippen molar-refractivity contribution in [2.24, 2.45) is 11.3 Å². The fraction of sp³-hybridized carbons (Fsp3) is 0.312. The molecule has 4 aromatic rings. The molecule has 0 bridgehead atoms. The third-order valence-electron chi connectivity index (χ3n) is 11.8. The third kappa shape index (κ3) is 6.34. The Morgan fingerprint density at radius 2 is 1.24 bits per heavy atom. The molecule has 1 atom stereocenters. The molecular formula is C48H50Cl2Zr. The van der Waals surface area contributed by atoms with Gasteiger partial charge in [0.15, 0.2) is 0 Å². The van der Waals surface area contributed by atoms with Crippen molar-refractivity contribution >= 4 is 15.4 Å². The molecule has 0 nitrogen and oxygen atoms in total. The smallest absolute Gasteiger partial charge is 1.00 e. The maximum Gasteiger partial charge on any atom is -1.00 e. The van der Waals surface area contributed by atoms with Crippen LogP contribution >= 0.6 is 0 Å². The SMILES string of the molecule is Cc1ccc([C](c2ccc(C)cc2)=[Zr+2]([C]2=CC(C(C)(C)C)=CC2C)[C]2=Cc3cc4c(cc3C2(C)C)Cc2cc3c(cc2-4)C=CC3(C)C)cc1.[Cl-].[Cl-]. The van der Waals surface area contributed by atoms with E-state index in [4.69, 9.17) is 0 Å². The maximum absolute atomic E-state index is 2.83. The summed E-state index contributed by atoms with van der Waals surface area (Å²) in [5.41, 5.74) is 18.8. The summed E-state index contributed by atoms with van der Waals surface area (Å²) in [6, 6.07) is 29.0. The van der Waals surface area contributed by atoms with Gasteiger partial charge in [0.1, 0.15) is 0 Å². The van der Waals surface area contributed by atoms with E-state index < -0.39 is 21.3 Å². The molecule has 8 rings (SSSR count). The minimum atomic E-state index is -2.83. The summed E-state index contributed by atoms with van der Waals surface area (Å²) < 4.78 is 5.02. The normalized spacial score (nSPS) is 18.2. The van der Waals surface area contributed by atoms with Crippen molar-refractivity contribution in [2.75, 3.05) is 0 Å². The van der Waals surface area contributed by atoms with Crippen molar-refractivity contribution in [3.05, 3.63) is 159 Å². The van der Waals surface area contributed by atoms with Gasteiger partial charge in [0.05, 0.1) is 0 Å². The molecule has 260 valence electrons. The first-order valence-corrected chi connectivity index (χ1v) is 21.9. The van der Waals surface area contributed by atoms with Crippen molar-refractivity contribution < 1.29 is 46.1 Å². The first kappa shape index (κ1) is 37.9.